The van der Waals surface area contributed by atoms with Crippen molar-refractivity contribution in [2.45, 2.75) is 19.4 Å². The van der Waals surface area contributed by atoms with E-state index in [1.54, 1.807) is 0 Å². The first-order chi connectivity index (χ1) is 3.81. The van der Waals surface area contributed by atoms with Gasteiger partial charge in [-0.2, -0.15) is 0 Å². The van der Waals surface area contributed by atoms with Crippen molar-refractivity contribution in [3.63, 3.8) is 0 Å². The van der Waals surface area contributed by atoms with Gasteiger partial charge >= 0.3 is 0 Å². The molecule has 0 amide bonds. The number of nitrogens with two attached hydrogens (primary N) is 2. The van der Waals surface area contributed by atoms with Gasteiger partial charge in [-0.3, -0.25) is 0 Å². The van der Waals surface area contributed by atoms with Gasteiger partial charge < -0.3 is 11.5 Å². The molecule has 4 heteroatoms. The number of rotatable bonds is 3. The normalized spacial score (nSPS) is 11.9. The fourth-order valence-electron chi connectivity index (χ4n) is 0.389. The van der Waals surface area contributed by atoms with Gasteiger partial charge in [0.1, 0.15) is 0 Å². The predicted molar refractivity (Wildman–Crippen MR) is 51.0 cm³/mol. The maximum Gasteiger partial charge on any atom is 0.0221 e. The lowest BCUT2D eigenvalue weighted by atomic mass is 10.2. The molecular formula is C6H16Cl2N2. The molecule has 0 radical (unpaired) electrons. The topological polar surface area (TPSA) is 52.0 Å². The monoisotopic (exact) mass is 186 g/mol. The van der Waals surface area contributed by atoms with Crippen molar-refractivity contribution in [2.75, 3.05) is 6.54 Å². The Hall–Kier alpha value is 0.240. The van der Waals surface area contributed by atoms with Crippen LogP contribution >= 0.6 is 24.8 Å². The summed E-state index contributed by atoms with van der Waals surface area (Å²) in [5.74, 6) is 0. The quantitative estimate of drug-likeness (QED) is 0.649. The van der Waals surface area contributed by atoms with Crippen LogP contribution in [0.15, 0.2) is 12.2 Å². The second kappa shape index (κ2) is 12.0. The van der Waals surface area contributed by atoms with Crippen LogP contribution in [0.3, 0.4) is 0 Å². The minimum absolute atomic E-state index is 0. The van der Waals surface area contributed by atoms with Gasteiger partial charge in [0.2, 0.25) is 0 Å². The smallest absolute Gasteiger partial charge is 0.0221 e. The Morgan fingerprint density at radius 3 is 2.20 bits per heavy atom. The zero-order chi connectivity index (χ0) is 6.41. The van der Waals surface area contributed by atoms with E-state index >= 15 is 0 Å². The lowest BCUT2D eigenvalue weighted by Crippen LogP contribution is -2.15. The zero-order valence-corrected chi connectivity index (χ0v) is 7.75. The summed E-state index contributed by atoms with van der Waals surface area (Å²) in [6.07, 6.45) is 4.80. The lowest BCUT2D eigenvalue weighted by molar-refractivity contribution is 0.780. The first kappa shape index (κ1) is 16.7. The van der Waals surface area contributed by atoms with Gasteiger partial charge in [0.25, 0.3) is 0 Å². The van der Waals surface area contributed by atoms with Crippen LogP contribution in [0, 0.1) is 0 Å². The highest BCUT2D eigenvalue weighted by molar-refractivity contribution is 5.85. The summed E-state index contributed by atoms with van der Waals surface area (Å²) < 4.78 is 0. The van der Waals surface area contributed by atoms with Crippen LogP contribution in [0.2, 0.25) is 0 Å². The Morgan fingerprint density at radius 2 is 1.90 bits per heavy atom. The molecule has 0 fully saturated rings. The zero-order valence-electron chi connectivity index (χ0n) is 6.12. The number of halogens is 2. The molecule has 0 aromatic rings. The van der Waals surface area contributed by atoms with Gasteiger partial charge in [-0.15, -0.1) is 24.8 Å². The van der Waals surface area contributed by atoms with Gasteiger partial charge in [0, 0.05) is 12.6 Å². The van der Waals surface area contributed by atoms with E-state index in [0.29, 0.717) is 6.54 Å². The Bertz CT molecular complexity index is 76.1. The summed E-state index contributed by atoms with van der Waals surface area (Å²) in [4.78, 5) is 0. The lowest BCUT2D eigenvalue weighted by Gasteiger charge is -1.97. The maximum absolute atomic E-state index is 5.52. The molecule has 10 heavy (non-hydrogen) atoms. The van der Waals surface area contributed by atoms with E-state index < -0.39 is 0 Å². The van der Waals surface area contributed by atoms with Crippen LogP contribution < -0.4 is 11.5 Å². The van der Waals surface area contributed by atoms with Crippen molar-refractivity contribution in [3.05, 3.63) is 12.2 Å². The van der Waals surface area contributed by atoms with E-state index in [4.69, 9.17) is 11.5 Å². The van der Waals surface area contributed by atoms with Crippen molar-refractivity contribution >= 4 is 24.8 Å². The predicted octanol–water partition coefficient (Wildman–Crippen LogP) is 1.08. The molecule has 0 saturated carbocycles. The van der Waals surface area contributed by atoms with E-state index in [9.17, 15) is 0 Å². The molecule has 1 unspecified atom stereocenters. The summed E-state index contributed by atoms with van der Waals surface area (Å²) in [7, 11) is 0. The van der Waals surface area contributed by atoms with Gasteiger partial charge in [-0.1, -0.05) is 19.1 Å². The Morgan fingerprint density at radius 1 is 1.40 bits per heavy atom. The SMILES string of the molecule is CCC(N)C=CCN.Cl.Cl. The van der Waals surface area contributed by atoms with Crippen molar-refractivity contribution in [1.82, 2.24) is 0 Å². The van der Waals surface area contributed by atoms with Crippen LogP contribution in [-0.2, 0) is 0 Å². The molecule has 0 aromatic heterocycles. The molecule has 2 nitrogen and oxygen atoms in total. The fraction of sp³-hybridized carbons (Fsp3) is 0.667. The highest BCUT2D eigenvalue weighted by Gasteiger charge is 1.86. The first-order valence-electron chi connectivity index (χ1n) is 2.93. The molecule has 0 heterocycles. The molecule has 0 bridgehead atoms. The van der Waals surface area contributed by atoms with Crippen LogP contribution in [0.4, 0.5) is 0 Å². The largest absolute Gasteiger partial charge is 0.327 e. The minimum atomic E-state index is 0. The third-order valence-corrected chi connectivity index (χ3v) is 0.991. The average Bonchev–Trinajstić information content (AvgIpc) is 1.83. The maximum atomic E-state index is 5.52. The highest BCUT2D eigenvalue weighted by atomic mass is 35.5. The molecule has 0 saturated heterocycles. The van der Waals surface area contributed by atoms with Crippen LogP contribution in [0.1, 0.15) is 13.3 Å². The summed E-state index contributed by atoms with van der Waals surface area (Å²) >= 11 is 0. The highest BCUT2D eigenvalue weighted by Crippen LogP contribution is 1.85. The Labute approximate surface area is 74.9 Å². The standard InChI is InChI=1S/C6H14N2.2ClH/c1-2-6(8)4-3-5-7;;/h3-4,6H,2,5,7-8H2,1H3;2*1H. The summed E-state index contributed by atoms with van der Waals surface area (Å²) in [5, 5.41) is 0. The molecule has 0 aliphatic heterocycles. The summed E-state index contributed by atoms with van der Waals surface area (Å²) in [6.45, 7) is 2.64. The van der Waals surface area contributed by atoms with Gasteiger partial charge in [-0.05, 0) is 6.42 Å². The molecule has 64 valence electrons. The van der Waals surface area contributed by atoms with E-state index in [1.165, 1.54) is 0 Å². The van der Waals surface area contributed by atoms with Crippen LogP contribution in [0.25, 0.3) is 0 Å². The first-order valence-corrected chi connectivity index (χ1v) is 2.93. The van der Waals surface area contributed by atoms with Crippen molar-refractivity contribution in [3.8, 4) is 0 Å². The number of hydrogen-bond donors (Lipinski definition) is 2. The summed E-state index contributed by atoms with van der Waals surface area (Å²) in [6, 6.07) is 0.193. The van der Waals surface area contributed by atoms with Crippen LogP contribution in [0.5, 0.6) is 0 Å². The second-order valence-corrected chi connectivity index (χ2v) is 1.74. The molecule has 0 aliphatic carbocycles. The molecule has 0 aliphatic rings. The minimum Gasteiger partial charge on any atom is -0.327 e. The van der Waals surface area contributed by atoms with Crippen molar-refractivity contribution < 1.29 is 0 Å². The third-order valence-electron chi connectivity index (χ3n) is 0.991. The van der Waals surface area contributed by atoms with E-state index in [1.807, 2.05) is 19.1 Å². The fourth-order valence-corrected chi connectivity index (χ4v) is 0.389. The van der Waals surface area contributed by atoms with Crippen molar-refractivity contribution in [1.29, 1.82) is 0 Å². The molecule has 0 aromatic carbocycles. The average molecular weight is 187 g/mol. The van der Waals surface area contributed by atoms with Crippen LogP contribution in [-0.4, -0.2) is 12.6 Å². The molecule has 0 spiro atoms. The molecular weight excluding hydrogens is 171 g/mol. The number of hydrogen-bond acceptors (Lipinski definition) is 2. The second-order valence-electron chi connectivity index (χ2n) is 1.74. The summed E-state index contributed by atoms with van der Waals surface area (Å²) in [5.41, 5.74) is 10.7. The Kier molecular flexibility index (Phi) is 20.0. The Balaban J connectivity index is -0.000000245. The van der Waals surface area contributed by atoms with Gasteiger partial charge in [0.05, 0.1) is 0 Å². The van der Waals surface area contributed by atoms with Gasteiger partial charge in [-0.25, -0.2) is 0 Å². The van der Waals surface area contributed by atoms with E-state index in [2.05, 4.69) is 0 Å². The van der Waals surface area contributed by atoms with Crippen molar-refractivity contribution in [2.24, 2.45) is 11.5 Å². The van der Waals surface area contributed by atoms with Gasteiger partial charge in [0.15, 0.2) is 0 Å². The van der Waals surface area contributed by atoms with E-state index in [0.717, 1.165) is 6.42 Å². The molecule has 1 atom stereocenters. The molecule has 4 N–H and O–H groups in total. The molecule has 0 rings (SSSR count). The van der Waals surface area contributed by atoms with E-state index in [-0.39, 0.29) is 30.9 Å². The third kappa shape index (κ3) is 11.1.